The summed E-state index contributed by atoms with van der Waals surface area (Å²) >= 11 is 1.32. The van der Waals surface area contributed by atoms with Gasteiger partial charge in [-0.25, -0.2) is 4.98 Å². The highest BCUT2D eigenvalue weighted by molar-refractivity contribution is 7.14. The van der Waals surface area contributed by atoms with E-state index in [9.17, 15) is 14.7 Å². The largest absolute Gasteiger partial charge is 0.550 e. The molecule has 1 atom stereocenters. The fourth-order valence-electron chi connectivity index (χ4n) is 3.36. The first kappa shape index (κ1) is 19.3. The lowest BCUT2D eigenvalue weighted by molar-refractivity contribution is -0.920. The average Bonchev–Trinajstić information content (AvgIpc) is 3.15. The summed E-state index contributed by atoms with van der Waals surface area (Å²) in [7, 11) is 1.61. The maximum Gasteiger partial charge on any atom is 0.284 e. The number of carbonyl (C=O) groups excluding carboxylic acids is 2. The number of quaternary nitrogens is 1. The number of carboxylic acid groups (broad SMARTS) is 1. The van der Waals surface area contributed by atoms with E-state index in [2.05, 4.69) is 10.3 Å². The first-order valence-electron chi connectivity index (χ1n) is 9.02. The predicted octanol–water partition coefficient (Wildman–Crippen LogP) is 0.335. The third-order valence-electron chi connectivity index (χ3n) is 4.80. The summed E-state index contributed by atoms with van der Waals surface area (Å²) in [6.07, 6.45) is 2.86. The fraction of sp³-hybridized carbons (Fsp3) is 0.421. The molecule has 1 aromatic carbocycles. The van der Waals surface area contributed by atoms with Gasteiger partial charge in [-0.1, -0.05) is 0 Å². The Kier molecular flexibility index (Phi) is 6.41. The second-order valence-electron chi connectivity index (χ2n) is 6.60. The molecule has 7 nitrogen and oxygen atoms in total. The van der Waals surface area contributed by atoms with Crippen LogP contribution in [-0.4, -0.2) is 43.1 Å². The molecule has 0 saturated carbocycles. The van der Waals surface area contributed by atoms with Gasteiger partial charge in [0.1, 0.15) is 5.75 Å². The van der Waals surface area contributed by atoms with E-state index < -0.39 is 12.0 Å². The number of amides is 1. The molecule has 1 aromatic heterocycles. The molecule has 2 aromatic rings. The third kappa shape index (κ3) is 5.05. The molecule has 1 aliphatic heterocycles. The van der Waals surface area contributed by atoms with Crippen LogP contribution in [0.25, 0.3) is 11.3 Å². The Labute approximate surface area is 162 Å². The number of thiazole rings is 1. The minimum atomic E-state index is -1.20. The lowest BCUT2D eigenvalue weighted by atomic mass is 10.1. The summed E-state index contributed by atoms with van der Waals surface area (Å²) in [5.74, 6) is -0.754. The van der Waals surface area contributed by atoms with Crippen LogP contribution in [0.2, 0.25) is 0 Å². The number of aromatic nitrogens is 1. The van der Waals surface area contributed by atoms with Crippen molar-refractivity contribution in [2.75, 3.05) is 25.5 Å². The number of aliphatic carboxylic acids is 1. The minimum absolute atomic E-state index is 0.280. The Morgan fingerprint density at radius 2 is 1.96 bits per heavy atom. The normalized spacial score (nSPS) is 15.9. The third-order valence-corrected chi connectivity index (χ3v) is 5.55. The second kappa shape index (κ2) is 8.96. The van der Waals surface area contributed by atoms with Crippen LogP contribution in [0.15, 0.2) is 29.6 Å². The number of hydrogen-bond donors (Lipinski definition) is 2. The van der Waals surface area contributed by atoms with Gasteiger partial charge in [0.2, 0.25) is 0 Å². The van der Waals surface area contributed by atoms with Gasteiger partial charge in [-0.15, -0.1) is 11.3 Å². The predicted molar refractivity (Wildman–Crippen MR) is 101 cm³/mol. The van der Waals surface area contributed by atoms with E-state index in [0.717, 1.165) is 54.3 Å². The van der Waals surface area contributed by atoms with Gasteiger partial charge in [0.25, 0.3) is 5.91 Å². The molecule has 0 aliphatic carbocycles. The van der Waals surface area contributed by atoms with E-state index in [0.29, 0.717) is 5.13 Å². The van der Waals surface area contributed by atoms with Gasteiger partial charge < -0.3 is 19.5 Å². The Bertz CT molecular complexity index is 785. The molecule has 1 aliphatic rings. The molecule has 0 radical (unpaired) electrons. The number of carbonyl (C=O) groups is 2. The van der Waals surface area contributed by atoms with Gasteiger partial charge in [-0.05, 0) is 43.5 Å². The van der Waals surface area contributed by atoms with E-state index in [1.165, 1.54) is 11.3 Å². The molecule has 0 spiro atoms. The molecule has 8 heteroatoms. The number of carboxylic acids is 1. The van der Waals surface area contributed by atoms with Gasteiger partial charge in [0.15, 0.2) is 11.2 Å². The standard InChI is InChI=1S/C19H23N3O4S/c1-26-14-7-5-13(6-8-14)15-12-27-19(20-15)21-18(25)16(11-17(23)24)22-9-3-2-4-10-22/h5-8,12,16H,2-4,9-11H2,1H3,(H,23,24)(H,20,21,25)/t16-/m0/s1. The summed E-state index contributed by atoms with van der Waals surface area (Å²) in [4.78, 5) is 29.3. The van der Waals surface area contributed by atoms with Crippen molar-refractivity contribution in [2.45, 2.75) is 31.7 Å². The van der Waals surface area contributed by atoms with Crippen molar-refractivity contribution >= 4 is 28.3 Å². The van der Waals surface area contributed by atoms with Crippen molar-refractivity contribution in [3.63, 3.8) is 0 Å². The summed E-state index contributed by atoms with van der Waals surface area (Å²) in [6.45, 7) is 1.61. The maximum atomic E-state index is 12.7. The van der Waals surface area contributed by atoms with Gasteiger partial charge >= 0.3 is 0 Å². The Balaban J connectivity index is 1.69. The lowest BCUT2D eigenvalue weighted by Crippen LogP contribution is -3.17. The SMILES string of the molecule is COc1ccc(-c2csc(NC(=O)[C@H](CC(=O)[O-])[NH+]3CCCCC3)n2)cc1. The fourth-order valence-corrected chi connectivity index (χ4v) is 4.08. The van der Waals surface area contributed by atoms with E-state index in [1.807, 2.05) is 29.6 Å². The monoisotopic (exact) mass is 389 g/mol. The number of nitrogens with zero attached hydrogens (tertiary/aromatic N) is 1. The number of nitrogens with one attached hydrogen (secondary N) is 2. The summed E-state index contributed by atoms with van der Waals surface area (Å²) in [5.41, 5.74) is 1.67. The minimum Gasteiger partial charge on any atom is -0.550 e. The van der Waals surface area contributed by atoms with Crippen LogP contribution < -0.4 is 20.1 Å². The van der Waals surface area contributed by atoms with Crippen LogP contribution in [0.3, 0.4) is 0 Å². The lowest BCUT2D eigenvalue weighted by Gasteiger charge is -2.30. The second-order valence-corrected chi connectivity index (χ2v) is 7.46. The van der Waals surface area contributed by atoms with E-state index in [-0.39, 0.29) is 12.3 Å². The number of anilines is 1. The molecule has 2 heterocycles. The molecule has 144 valence electrons. The first-order valence-corrected chi connectivity index (χ1v) is 9.90. The highest BCUT2D eigenvalue weighted by atomic mass is 32.1. The van der Waals surface area contributed by atoms with Crippen LogP contribution in [0, 0.1) is 0 Å². The van der Waals surface area contributed by atoms with E-state index in [1.54, 1.807) is 7.11 Å². The number of likely N-dealkylation sites (tertiary alicyclic amines) is 1. The number of piperidine rings is 1. The Morgan fingerprint density at radius 1 is 1.26 bits per heavy atom. The average molecular weight is 389 g/mol. The van der Waals surface area contributed by atoms with Crippen molar-refractivity contribution < 1.29 is 24.3 Å². The van der Waals surface area contributed by atoms with Gasteiger partial charge in [0.05, 0.1) is 25.9 Å². The first-order chi connectivity index (χ1) is 13.1. The molecule has 27 heavy (non-hydrogen) atoms. The molecule has 1 amide bonds. The summed E-state index contributed by atoms with van der Waals surface area (Å²) in [5, 5.41) is 16.2. The molecule has 2 N–H and O–H groups in total. The van der Waals surface area contributed by atoms with Crippen LogP contribution >= 0.6 is 11.3 Å². The van der Waals surface area contributed by atoms with Crippen molar-refractivity contribution in [3.8, 4) is 17.0 Å². The number of methoxy groups -OCH3 is 1. The zero-order valence-electron chi connectivity index (χ0n) is 15.2. The highest BCUT2D eigenvalue weighted by Gasteiger charge is 2.31. The van der Waals surface area contributed by atoms with Crippen molar-refractivity contribution in [2.24, 2.45) is 0 Å². The van der Waals surface area contributed by atoms with Crippen molar-refractivity contribution in [1.82, 2.24) is 4.98 Å². The van der Waals surface area contributed by atoms with Crippen molar-refractivity contribution in [1.29, 1.82) is 0 Å². The van der Waals surface area contributed by atoms with Gasteiger partial charge in [-0.2, -0.15) is 0 Å². The molecule has 0 unspecified atom stereocenters. The number of ether oxygens (including phenoxy) is 1. The molecule has 3 rings (SSSR count). The van der Waals surface area contributed by atoms with Crippen LogP contribution in [0.4, 0.5) is 5.13 Å². The van der Waals surface area contributed by atoms with Gasteiger partial charge in [0, 0.05) is 23.3 Å². The zero-order valence-corrected chi connectivity index (χ0v) is 16.0. The molecule has 1 saturated heterocycles. The van der Waals surface area contributed by atoms with Crippen LogP contribution in [0.1, 0.15) is 25.7 Å². The Hall–Kier alpha value is -2.45. The topological polar surface area (TPSA) is 95.8 Å². The molecular weight excluding hydrogens is 366 g/mol. The van der Waals surface area contributed by atoms with Crippen molar-refractivity contribution in [3.05, 3.63) is 29.6 Å². The Morgan fingerprint density at radius 3 is 2.59 bits per heavy atom. The summed E-state index contributed by atoms with van der Waals surface area (Å²) < 4.78 is 5.15. The van der Waals surface area contributed by atoms with Crippen LogP contribution in [0.5, 0.6) is 5.75 Å². The zero-order chi connectivity index (χ0) is 19.2. The number of hydrogen-bond acceptors (Lipinski definition) is 6. The molecule has 0 bridgehead atoms. The molecule has 1 fully saturated rings. The summed E-state index contributed by atoms with van der Waals surface area (Å²) in [6, 6.07) is 6.85. The smallest absolute Gasteiger partial charge is 0.284 e. The van der Waals surface area contributed by atoms with Gasteiger partial charge in [-0.3, -0.25) is 10.1 Å². The number of rotatable bonds is 7. The maximum absolute atomic E-state index is 12.7. The van der Waals surface area contributed by atoms with E-state index in [4.69, 9.17) is 4.74 Å². The number of benzene rings is 1. The highest BCUT2D eigenvalue weighted by Crippen LogP contribution is 2.26. The quantitative estimate of drug-likeness (QED) is 0.712. The van der Waals surface area contributed by atoms with E-state index >= 15 is 0 Å². The van der Waals surface area contributed by atoms with Crippen LogP contribution in [-0.2, 0) is 9.59 Å². The molecular formula is C19H23N3O4S.